The van der Waals surface area contributed by atoms with Crippen molar-refractivity contribution < 1.29 is 9.59 Å². The normalized spacial score (nSPS) is 19.4. The van der Waals surface area contributed by atoms with Gasteiger partial charge in [-0.2, -0.15) is 0 Å². The highest BCUT2D eigenvalue weighted by molar-refractivity contribution is 6.31. The van der Waals surface area contributed by atoms with Crippen LogP contribution in [0.5, 0.6) is 0 Å². The van der Waals surface area contributed by atoms with E-state index in [1.165, 1.54) is 0 Å². The number of aromatic amines is 1. The van der Waals surface area contributed by atoms with Crippen LogP contribution < -0.4 is 5.73 Å². The standard InChI is InChI=1S/C30H29ClN2O2/c1-30(2,32)17-23-21-14-13-20(31)15-24(21)33-28(23)26(19-11-7-4-8-12-19)27-25(34)16-22(29(27)35)18-9-5-3-6-10-18/h3-15,22,26-27,33H,16-17,32H2,1-2H3. The summed E-state index contributed by atoms with van der Waals surface area (Å²) in [7, 11) is 0. The first-order valence-electron chi connectivity index (χ1n) is 12.0. The van der Waals surface area contributed by atoms with Crippen molar-refractivity contribution in [3.63, 3.8) is 0 Å². The molecule has 5 heteroatoms. The second kappa shape index (κ2) is 9.10. The van der Waals surface area contributed by atoms with Crippen molar-refractivity contribution >= 4 is 34.1 Å². The van der Waals surface area contributed by atoms with E-state index in [9.17, 15) is 9.59 Å². The number of rotatable bonds is 6. The fourth-order valence-electron chi connectivity index (χ4n) is 5.47. The minimum atomic E-state index is -0.772. The molecule has 3 aromatic carbocycles. The van der Waals surface area contributed by atoms with E-state index >= 15 is 0 Å². The van der Waals surface area contributed by atoms with E-state index in [-0.39, 0.29) is 18.0 Å². The Balaban J connectivity index is 1.70. The Morgan fingerprint density at radius 1 is 1.00 bits per heavy atom. The lowest BCUT2D eigenvalue weighted by atomic mass is 9.78. The number of fused-ring (bicyclic) bond motifs is 1. The van der Waals surface area contributed by atoms with Crippen LogP contribution in [-0.4, -0.2) is 22.1 Å². The lowest BCUT2D eigenvalue weighted by molar-refractivity contribution is -0.128. The molecule has 3 unspecified atom stereocenters. The minimum Gasteiger partial charge on any atom is -0.358 e. The molecular weight excluding hydrogens is 456 g/mol. The highest BCUT2D eigenvalue weighted by atomic mass is 35.5. The van der Waals surface area contributed by atoms with Crippen LogP contribution in [0.2, 0.25) is 5.02 Å². The zero-order valence-corrected chi connectivity index (χ0v) is 20.7. The smallest absolute Gasteiger partial charge is 0.152 e. The summed E-state index contributed by atoms with van der Waals surface area (Å²) in [5, 5.41) is 1.64. The summed E-state index contributed by atoms with van der Waals surface area (Å²) in [6.45, 7) is 3.97. The van der Waals surface area contributed by atoms with Crippen molar-refractivity contribution in [3.8, 4) is 0 Å². The van der Waals surface area contributed by atoms with Crippen molar-refractivity contribution in [3.05, 3.63) is 106 Å². The number of aromatic nitrogens is 1. The molecule has 0 spiro atoms. The number of H-pyrrole nitrogens is 1. The number of hydrogen-bond acceptors (Lipinski definition) is 3. The molecule has 35 heavy (non-hydrogen) atoms. The maximum atomic E-state index is 13.9. The Kier molecular flexibility index (Phi) is 6.12. The molecular formula is C30H29ClN2O2. The van der Waals surface area contributed by atoms with Crippen LogP contribution in [-0.2, 0) is 16.0 Å². The number of nitrogens with two attached hydrogens (primary N) is 1. The van der Waals surface area contributed by atoms with Gasteiger partial charge in [0.25, 0.3) is 0 Å². The van der Waals surface area contributed by atoms with Gasteiger partial charge in [0.2, 0.25) is 0 Å². The molecule has 4 aromatic rings. The van der Waals surface area contributed by atoms with Crippen LogP contribution >= 0.6 is 11.6 Å². The molecule has 1 aliphatic rings. The number of hydrogen-bond donors (Lipinski definition) is 2. The summed E-state index contributed by atoms with van der Waals surface area (Å²) >= 11 is 6.32. The van der Waals surface area contributed by atoms with E-state index in [1.807, 2.05) is 92.7 Å². The predicted octanol–water partition coefficient (Wildman–Crippen LogP) is 6.17. The summed E-state index contributed by atoms with van der Waals surface area (Å²) in [4.78, 5) is 31.0. The summed E-state index contributed by atoms with van der Waals surface area (Å²) in [5.41, 5.74) is 10.6. The van der Waals surface area contributed by atoms with Crippen molar-refractivity contribution in [2.75, 3.05) is 0 Å². The van der Waals surface area contributed by atoms with E-state index in [1.54, 1.807) is 0 Å². The van der Waals surface area contributed by atoms with Crippen LogP contribution in [0.3, 0.4) is 0 Å². The number of carbonyl (C=O) groups excluding carboxylic acids is 2. The van der Waals surface area contributed by atoms with Crippen molar-refractivity contribution in [1.82, 2.24) is 4.98 Å². The second-order valence-electron chi connectivity index (χ2n) is 10.3. The fraction of sp³-hybridized carbons (Fsp3) is 0.267. The van der Waals surface area contributed by atoms with E-state index < -0.39 is 23.3 Å². The average Bonchev–Trinajstić information content (AvgIpc) is 3.31. The Bertz CT molecular complexity index is 1390. The molecule has 0 radical (unpaired) electrons. The summed E-state index contributed by atoms with van der Waals surface area (Å²) in [6, 6.07) is 25.2. The van der Waals surface area contributed by atoms with Crippen LogP contribution in [0.4, 0.5) is 0 Å². The van der Waals surface area contributed by atoms with Gasteiger partial charge in [0, 0.05) is 39.5 Å². The van der Waals surface area contributed by atoms with Crippen LogP contribution in [0, 0.1) is 5.92 Å². The molecule has 0 saturated heterocycles. The number of halogens is 1. The molecule has 0 aliphatic heterocycles. The van der Waals surface area contributed by atoms with Gasteiger partial charge in [-0.15, -0.1) is 0 Å². The largest absolute Gasteiger partial charge is 0.358 e. The van der Waals surface area contributed by atoms with Gasteiger partial charge < -0.3 is 10.7 Å². The van der Waals surface area contributed by atoms with Crippen molar-refractivity contribution in [1.29, 1.82) is 0 Å². The Morgan fingerprint density at radius 2 is 1.66 bits per heavy atom. The SMILES string of the molecule is CC(C)(N)Cc1c(C(c2ccccc2)C2C(=O)CC(c3ccccc3)C2=O)[nH]c2cc(Cl)ccc12. The molecule has 1 aromatic heterocycles. The Labute approximate surface area is 210 Å². The summed E-state index contributed by atoms with van der Waals surface area (Å²) in [5.74, 6) is -1.68. The third-order valence-electron chi connectivity index (χ3n) is 6.94. The summed E-state index contributed by atoms with van der Waals surface area (Å²) in [6.07, 6.45) is 0.811. The number of Topliss-reactive ketones (excluding diaryl/α,β-unsaturated/α-hetero) is 2. The molecule has 0 bridgehead atoms. The minimum absolute atomic E-state index is 0.0210. The van der Waals surface area contributed by atoms with E-state index in [0.717, 1.165) is 33.3 Å². The van der Waals surface area contributed by atoms with E-state index in [2.05, 4.69) is 4.98 Å². The molecule has 1 saturated carbocycles. The Morgan fingerprint density at radius 3 is 2.31 bits per heavy atom. The van der Waals surface area contributed by atoms with Gasteiger partial charge in [0.15, 0.2) is 5.78 Å². The van der Waals surface area contributed by atoms with E-state index in [4.69, 9.17) is 17.3 Å². The van der Waals surface area contributed by atoms with Gasteiger partial charge in [0.1, 0.15) is 5.78 Å². The lowest BCUT2D eigenvalue weighted by Gasteiger charge is -2.26. The van der Waals surface area contributed by atoms with Gasteiger partial charge in [-0.1, -0.05) is 78.3 Å². The van der Waals surface area contributed by atoms with Gasteiger partial charge in [0.05, 0.1) is 11.8 Å². The lowest BCUT2D eigenvalue weighted by Crippen LogP contribution is -2.35. The highest BCUT2D eigenvalue weighted by Gasteiger charge is 2.48. The maximum Gasteiger partial charge on any atom is 0.152 e. The van der Waals surface area contributed by atoms with Gasteiger partial charge in [-0.05, 0) is 49.1 Å². The monoisotopic (exact) mass is 484 g/mol. The molecule has 5 rings (SSSR count). The van der Waals surface area contributed by atoms with E-state index in [0.29, 0.717) is 11.4 Å². The molecule has 3 N–H and O–H groups in total. The van der Waals surface area contributed by atoms with Crippen molar-refractivity contribution in [2.45, 2.75) is 44.1 Å². The second-order valence-corrected chi connectivity index (χ2v) is 10.7. The first kappa shape index (κ1) is 23.5. The predicted molar refractivity (Wildman–Crippen MR) is 141 cm³/mol. The van der Waals surface area contributed by atoms with Crippen LogP contribution in [0.15, 0.2) is 78.9 Å². The molecule has 4 nitrogen and oxygen atoms in total. The molecule has 178 valence electrons. The molecule has 0 amide bonds. The third kappa shape index (κ3) is 4.56. The summed E-state index contributed by atoms with van der Waals surface area (Å²) < 4.78 is 0. The topological polar surface area (TPSA) is 76.0 Å². The van der Waals surface area contributed by atoms with Gasteiger partial charge >= 0.3 is 0 Å². The third-order valence-corrected chi connectivity index (χ3v) is 7.18. The van der Waals surface area contributed by atoms with Gasteiger partial charge in [-0.25, -0.2) is 0 Å². The average molecular weight is 485 g/mol. The first-order valence-corrected chi connectivity index (χ1v) is 12.4. The fourth-order valence-corrected chi connectivity index (χ4v) is 5.64. The Hall–Kier alpha value is -3.21. The highest BCUT2D eigenvalue weighted by Crippen LogP contribution is 2.45. The van der Waals surface area contributed by atoms with Crippen molar-refractivity contribution in [2.24, 2.45) is 11.7 Å². The number of benzene rings is 3. The number of nitrogens with one attached hydrogen (secondary N) is 1. The molecule has 3 atom stereocenters. The quantitative estimate of drug-likeness (QED) is 0.321. The zero-order valence-electron chi connectivity index (χ0n) is 19.9. The van der Waals surface area contributed by atoms with Gasteiger partial charge in [-0.3, -0.25) is 9.59 Å². The molecule has 1 fully saturated rings. The van der Waals surface area contributed by atoms with Crippen LogP contribution in [0.1, 0.15) is 54.5 Å². The first-order chi connectivity index (χ1) is 16.7. The molecule has 1 heterocycles. The molecule has 1 aliphatic carbocycles. The number of ketones is 2. The zero-order chi connectivity index (χ0) is 24.7. The maximum absolute atomic E-state index is 13.9. The number of carbonyl (C=O) groups is 2. The van der Waals surface area contributed by atoms with Crippen LogP contribution in [0.25, 0.3) is 10.9 Å².